The summed E-state index contributed by atoms with van der Waals surface area (Å²) in [6, 6.07) is 13.8. The van der Waals surface area contributed by atoms with Gasteiger partial charge in [0, 0.05) is 12.1 Å². The number of aliphatic hydroxyl groups excluding tert-OH is 1. The smallest absolute Gasteiger partial charge is 0.123 e. The monoisotopic (exact) mass is 387 g/mol. The number of methoxy groups -OCH3 is 2. The lowest BCUT2D eigenvalue weighted by molar-refractivity contribution is 0.105. The van der Waals surface area contributed by atoms with Crippen LogP contribution in [-0.4, -0.2) is 45.1 Å². The molecule has 0 saturated heterocycles. The zero-order chi connectivity index (χ0) is 20.6. The van der Waals surface area contributed by atoms with E-state index in [0.29, 0.717) is 6.54 Å². The van der Waals surface area contributed by atoms with Gasteiger partial charge in [0.15, 0.2) is 0 Å². The van der Waals surface area contributed by atoms with Gasteiger partial charge in [0.2, 0.25) is 0 Å². The maximum absolute atomic E-state index is 10.2. The summed E-state index contributed by atoms with van der Waals surface area (Å²) in [4.78, 5) is 0. The molecular formula is C23H33NO4. The summed E-state index contributed by atoms with van der Waals surface area (Å²) < 4.78 is 16.4. The largest absolute Gasteiger partial charge is 0.497 e. The Bertz CT molecular complexity index is 722. The van der Waals surface area contributed by atoms with E-state index in [-0.39, 0.29) is 12.0 Å². The molecule has 0 saturated carbocycles. The zero-order valence-corrected chi connectivity index (χ0v) is 17.6. The van der Waals surface area contributed by atoms with Crippen molar-refractivity contribution in [3.63, 3.8) is 0 Å². The van der Waals surface area contributed by atoms with Crippen molar-refractivity contribution in [2.45, 2.75) is 38.7 Å². The first kappa shape index (κ1) is 22.1. The van der Waals surface area contributed by atoms with Crippen molar-refractivity contribution in [3.8, 4) is 17.2 Å². The standard InChI is InChI=1S/C23H33NO4/c1-23(2,3)21-14-20(27-5)10-11-22(21)28-16-18(25)15-24-13-12-17-6-8-19(26-4)9-7-17/h6-11,14,18,24-25H,12-13,15-16H2,1-5H3/t18-/m0/s1. The van der Waals surface area contributed by atoms with Crippen LogP contribution in [0, 0.1) is 0 Å². The number of hydrogen-bond donors (Lipinski definition) is 2. The van der Waals surface area contributed by atoms with E-state index in [1.54, 1.807) is 14.2 Å². The average Bonchev–Trinajstić information content (AvgIpc) is 2.69. The molecule has 2 N–H and O–H groups in total. The van der Waals surface area contributed by atoms with Gasteiger partial charge < -0.3 is 24.6 Å². The molecule has 0 fully saturated rings. The molecule has 0 unspecified atom stereocenters. The van der Waals surface area contributed by atoms with E-state index >= 15 is 0 Å². The van der Waals surface area contributed by atoms with Gasteiger partial charge in [-0.2, -0.15) is 0 Å². The van der Waals surface area contributed by atoms with Crippen LogP contribution < -0.4 is 19.5 Å². The molecule has 0 aliphatic heterocycles. The van der Waals surface area contributed by atoms with E-state index in [1.807, 2.05) is 30.3 Å². The van der Waals surface area contributed by atoms with E-state index < -0.39 is 6.10 Å². The van der Waals surface area contributed by atoms with Crippen LogP contribution >= 0.6 is 0 Å². The molecule has 0 radical (unpaired) electrons. The summed E-state index contributed by atoms with van der Waals surface area (Å²) in [6.07, 6.45) is 0.315. The molecule has 1 atom stereocenters. The molecule has 28 heavy (non-hydrogen) atoms. The molecule has 0 spiro atoms. The lowest BCUT2D eigenvalue weighted by atomic mass is 9.86. The van der Waals surface area contributed by atoms with Gasteiger partial charge in [0.1, 0.15) is 30.0 Å². The van der Waals surface area contributed by atoms with Crippen LogP contribution in [0.15, 0.2) is 42.5 Å². The topological polar surface area (TPSA) is 60.0 Å². The highest BCUT2D eigenvalue weighted by molar-refractivity contribution is 5.44. The van der Waals surface area contributed by atoms with E-state index in [0.717, 1.165) is 35.8 Å². The van der Waals surface area contributed by atoms with Crippen molar-refractivity contribution >= 4 is 0 Å². The van der Waals surface area contributed by atoms with Crippen LogP contribution in [0.1, 0.15) is 31.9 Å². The molecule has 2 rings (SSSR count). The van der Waals surface area contributed by atoms with Gasteiger partial charge in [-0.1, -0.05) is 32.9 Å². The third kappa shape index (κ3) is 6.73. The minimum Gasteiger partial charge on any atom is -0.497 e. The van der Waals surface area contributed by atoms with Crippen LogP contribution in [0.25, 0.3) is 0 Å². The molecule has 0 bridgehead atoms. The van der Waals surface area contributed by atoms with E-state index in [4.69, 9.17) is 14.2 Å². The number of ether oxygens (including phenoxy) is 3. The summed E-state index contributed by atoms with van der Waals surface area (Å²) >= 11 is 0. The number of hydrogen-bond acceptors (Lipinski definition) is 5. The van der Waals surface area contributed by atoms with Crippen LogP contribution in [0.5, 0.6) is 17.2 Å². The fraction of sp³-hybridized carbons (Fsp3) is 0.478. The molecular weight excluding hydrogens is 354 g/mol. The minimum absolute atomic E-state index is 0.0779. The first-order valence-electron chi connectivity index (χ1n) is 9.66. The van der Waals surface area contributed by atoms with E-state index in [2.05, 4.69) is 38.2 Å². The van der Waals surface area contributed by atoms with E-state index in [1.165, 1.54) is 5.56 Å². The molecule has 5 nitrogen and oxygen atoms in total. The number of rotatable bonds is 10. The lowest BCUT2D eigenvalue weighted by Crippen LogP contribution is -2.32. The van der Waals surface area contributed by atoms with Crippen LogP contribution in [0.2, 0.25) is 0 Å². The fourth-order valence-electron chi connectivity index (χ4n) is 2.89. The summed E-state index contributed by atoms with van der Waals surface area (Å²) in [5.74, 6) is 2.45. The zero-order valence-electron chi connectivity index (χ0n) is 17.6. The SMILES string of the molecule is COc1ccc(CCNC[C@H](O)COc2ccc(OC)cc2C(C)(C)C)cc1. The molecule has 0 aromatic heterocycles. The third-order valence-corrected chi connectivity index (χ3v) is 4.56. The third-order valence-electron chi connectivity index (χ3n) is 4.56. The Balaban J connectivity index is 1.78. The van der Waals surface area contributed by atoms with Gasteiger partial charge in [-0.25, -0.2) is 0 Å². The lowest BCUT2D eigenvalue weighted by Gasteiger charge is -2.24. The van der Waals surface area contributed by atoms with Crippen LogP contribution in [0.3, 0.4) is 0 Å². The second-order valence-electron chi connectivity index (χ2n) is 7.88. The first-order chi connectivity index (χ1) is 13.3. The minimum atomic E-state index is -0.578. The van der Waals surface area contributed by atoms with Crippen molar-refractivity contribution in [2.75, 3.05) is 33.9 Å². The van der Waals surface area contributed by atoms with Crippen molar-refractivity contribution < 1.29 is 19.3 Å². The Morgan fingerprint density at radius 3 is 2.21 bits per heavy atom. The molecule has 2 aromatic rings. The summed E-state index contributed by atoms with van der Waals surface area (Å²) in [7, 11) is 3.32. The Morgan fingerprint density at radius 1 is 0.964 bits per heavy atom. The van der Waals surface area contributed by atoms with Crippen molar-refractivity contribution in [3.05, 3.63) is 53.6 Å². The van der Waals surface area contributed by atoms with Crippen LogP contribution in [-0.2, 0) is 11.8 Å². The molecule has 0 aliphatic rings. The van der Waals surface area contributed by atoms with Gasteiger partial charge in [-0.05, 0) is 54.3 Å². The molecule has 5 heteroatoms. The Kier molecular flexibility index (Phi) is 8.15. The number of benzene rings is 2. The van der Waals surface area contributed by atoms with Crippen LogP contribution in [0.4, 0.5) is 0 Å². The van der Waals surface area contributed by atoms with Crippen molar-refractivity contribution in [1.29, 1.82) is 0 Å². The second-order valence-corrected chi connectivity index (χ2v) is 7.88. The normalized spacial score (nSPS) is 12.5. The molecule has 2 aromatic carbocycles. The molecule has 0 amide bonds. The summed E-state index contributed by atoms with van der Waals surface area (Å²) in [5.41, 5.74) is 2.21. The van der Waals surface area contributed by atoms with Gasteiger partial charge in [0.05, 0.1) is 14.2 Å². The van der Waals surface area contributed by atoms with Gasteiger partial charge in [0.25, 0.3) is 0 Å². The maximum Gasteiger partial charge on any atom is 0.123 e. The molecule has 0 aliphatic carbocycles. The quantitative estimate of drug-likeness (QED) is 0.610. The second kappa shape index (κ2) is 10.3. The van der Waals surface area contributed by atoms with Gasteiger partial charge >= 0.3 is 0 Å². The predicted octanol–water partition coefficient (Wildman–Crippen LogP) is 3.57. The van der Waals surface area contributed by atoms with Crippen molar-refractivity contribution in [2.24, 2.45) is 0 Å². The Morgan fingerprint density at radius 2 is 1.61 bits per heavy atom. The molecule has 154 valence electrons. The number of aliphatic hydroxyl groups is 1. The highest BCUT2D eigenvalue weighted by atomic mass is 16.5. The van der Waals surface area contributed by atoms with Gasteiger partial charge in [-0.3, -0.25) is 0 Å². The maximum atomic E-state index is 10.2. The van der Waals surface area contributed by atoms with Crippen molar-refractivity contribution in [1.82, 2.24) is 5.32 Å². The predicted molar refractivity (Wildman–Crippen MR) is 113 cm³/mol. The highest BCUT2D eigenvalue weighted by Gasteiger charge is 2.20. The van der Waals surface area contributed by atoms with E-state index in [9.17, 15) is 5.11 Å². The summed E-state index contributed by atoms with van der Waals surface area (Å²) in [5, 5.41) is 13.5. The fourth-order valence-corrected chi connectivity index (χ4v) is 2.89. The first-order valence-corrected chi connectivity index (χ1v) is 9.66. The molecule has 0 heterocycles. The Hall–Kier alpha value is -2.24. The average molecular weight is 388 g/mol. The highest BCUT2D eigenvalue weighted by Crippen LogP contribution is 2.34. The summed E-state index contributed by atoms with van der Waals surface area (Å²) in [6.45, 7) is 7.91. The Labute approximate surface area is 168 Å². The van der Waals surface area contributed by atoms with Gasteiger partial charge in [-0.15, -0.1) is 0 Å². The number of nitrogens with one attached hydrogen (secondary N) is 1.